The molecular weight excluding hydrogens is 891 g/mol. The van der Waals surface area contributed by atoms with Crippen LogP contribution in [0.1, 0.15) is 45.9 Å². The average Bonchev–Trinajstić information content (AvgIpc) is 3.93. The van der Waals surface area contributed by atoms with Crippen molar-refractivity contribution < 1.29 is 0 Å². The summed E-state index contributed by atoms with van der Waals surface area (Å²) < 4.78 is 0. The van der Waals surface area contributed by atoms with Crippen molar-refractivity contribution in [2.24, 2.45) is 0 Å². The van der Waals surface area contributed by atoms with Gasteiger partial charge in [-0.3, -0.25) is 0 Å². The van der Waals surface area contributed by atoms with Gasteiger partial charge in [0.1, 0.15) is 0 Å². The number of anilines is 3. The van der Waals surface area contributed by atoms with Crippen LogP contribution in [0.15, 0.2) is 291 Å². The molecular formula is C73H51N. The van der Waals surface area contributed by atoms with E-state index in [9.17, 15) is 0 Å². The predicted octanol–water partition coefficient (Wildman–Crippen LogP) is 19.0. The van der Waals surface area contributed by atoms with Crippen molar-refractivity contribution in [3.8, 4) is 55.6 Å². The normalized spacial score (nSPS) is 14.7. The highest BCUT2D eigenvalue weighted by molar-refractivity contribution is 5.97. The number of rotatable bonds is 9. The van der Waals surface area contributed by atoms with Crippen LogP contribution in [-0.4, -0.2) is 0 Å². The maximum atomic E-state index is 2.45. The van der Waals surface area contributed by atoms with E-state index in [1.165, 1.54) is 105 Å². The number of fused-ring (bicyclic) bond motifs is 7. The third-order valence-electron chi connectivity index (χ3n) is 16.3. The Labute approximate surface area is 434 Å². The van der Waals surface area contributed by atoms with Gasteiger partial charge in [0, 0.05) is 22.5 Å². The van der Waals surface area contributed by atoms with Gasteiger partial charge in [-0.05, 0) is 161 Å². The molecule has 0 saturated carbocycles. The lowest BCUT2D eigenvalue weighted by molar-refractivity contribution is 0.714. The van der Waals surface area contributed by atoms with Crippen LogP contribution in [0.4, 0.5) is 17.1 Å². The topological polar surface area (TPSA) is 3.24 Å². The lowest BCUT2D eigenvalue weighted by Crippen LogP contribution is -2.28. The molecule has 2 aliphatic carbocycles. The second-order valence-corrected chi connectivity index (χ2v) is 20.1. The summed E-state index contributed by atoms with van der Waals surface area (Å²) in [6.07, 6.45) is 0. The summed E-state index contributed by atoms with van der Waals surface area (Å²) in [6, 6.07) is 108. The first-order valence-corrected chi connectivity index (χ1v) is 25.8. The molecule has 2 aliphatic rings. The molecule has 0 aromatic heterocycles. The van der Waals surface area contributed by atoms with E-state index in [-0.39, 0.29) is 5.41 Å². The van der Waals surface area contributed by atoms with Gasteiger partial charge in [0.15, 0.2) is 0 Å². The molecule has 0 heterocycles. The molecule has 0 bridgehead atoms. The standard InChI is InChI=1S/C73H51N/c1-72(56-20-5-2-6-21-56)68-30-15-13-27-64(68)66-46-38-54(48-70(66)72)50-32-40-59(41-33-50)74(61-44-36-53(37-45-61)63-29-17-19-52-18-11-12-26-62(52)63)60-42-34-51(35-43-60)55-39-47-67-65-28-14-16-31-69(65)73(71(67)49-55,57-22-7-3-8-23-57)58-24-9-4-10-25-58/h2-49H,1H3. The zero-order valence-electron chi connectivity index (χ0n) is 41.2. The van der Waals surface area contributed by atoms with Crippen molar-refractivity contribution in [3.05, 3.63) is 330 Å². The largest absolute Gasteiger partial charge is 0.311 e. The quantitative estimate of drug-likeness (QED) is 0.139. The van der Waals surface area contributed by atoms with Crippen LogP contribution < -0.4 is 4.90 Å². The number of benzene rings is 12. The van der Waals surface area contributed by atoms with Gasteiger partial charge in [0.25, 0.3) is 0 Å². The zero-order valence-corrected chi connectivity index (χ0v) is 41.2. The molecule has 12 aromatic rings. The molecule has 74 heavy (non-hydrogen) atoms. The molecule has 0 radical (unpaired) electrons. The third kappa shape index (κ3) is 6.78. The van der Waals surface area contributed by atoms with Gasteiger partial charge in [0.05, 0.1) is 5.41 Å². The molecule has 0 aliphatic heterocycles. The van der Waals surface area contributed by atoms with Crippen molar-refractivity contribution >= 4 is 27.8 Å². The highest BCUT2D eigenvalue weighted by Gasteiger charge is 2.46. The van der Waals surface area contributed by atoms with Crippen molar-refractivity contribution in [1.29, 1.82) is 0 Å². The van der Waals surface area contributed by atoms with Gasteiger partial charge in [-0.2, -0.15) is 0 Å². The highest BCUT2D eigenvalue weighted by atomic mass is 15.1. The van der Waals surface area contributed by atoms with Crippen molar-refractivity contribution in [1.82, 2.24) is 0 Å². The Morgan fingerprint density at radius 1 is 0.257 bits per heavy atom. The van der Waals surface area contributed by atoms with E-state index in [2.05, 4.69) is 303 Å². The Bertz CT molecular complexity index is 4000. The number of hydrogen-bond donors (Lipinski definition) is 0. The second kappa shape index (κ2) is 17.5. The van der Waals surface area contributed by atoms with Crippen molar-refractivity contribution in [2.45, 2.75) is 17.8 Å². The minimum Gasteiger partial charge on any atom is -0.311 e. The van der Waals surface area contributed by atoms with Gasteiger partial charge >= 0.3 is 0 Å². The van der Waals surface area contributed by atoms with E-state index < -0.39 is 5.41 Å². The van der Waals surface area contributed by atoms with Crippen LogP contribution in [0.25, 0.3) is 66.4 Å². The van der Waals surface area contributed by atoms with Crippen molar-refractivity contribution in [2.75, 3.05) is 4.90 Å². The summed E-state index contributed by atoms with van der Waals surface area (Å²) in [5, 5.41) is 2.50. The lowest BCUT2D eigenvalue weighted by Gasteiger charge is -2.34. The molecule has 1 unspecified atom stereocenters. The van der Waals surface area contributed by atoms with E-state index in [0.29, 0.717) is 0 Å². The summed E-state index contributed by atoms with van der Waals surface area (Å²) in [5.41, 5.74) is 24.1. The molecule has 348 valence electrons. The minimum atomic E-state index is -0.460. The predicted molar refractivity (Wildman–Crippen MR) is 310 cm³/mol. The molecule has 1 atom stereocenters. The first-order valence-electron chi connectivity index (χ1n) is 25.8. The van der Waals surface area contributed by atoms with Gasteiger partial charge in [-0.1, -0.05) is 243 Å². The summed E-state index contributed by atoms with van der Waals surface area (Å²) in [6.45, 7) is 2.39. The van der Waals surface area contributed by atoms with Gasteiger partial charge in [-0.25, -0.2) is 0 Å². The molecule has 0 amide bonds. The molecule has 0 fully saturated rings. The monoisotopic (exact) mass is 941 g/mol. The molecule has 0 saturated heterocycles. The molecule has 0 spiro atoms. The summed E-state index contributed by atoms with van der Waals surface area (Å²) in [7, 11) is 0. The zero-order chi connectivity index (χ0) is 49.2. The maximum absolute atomic E-state index is 2.45. The van der Waals surface area contributed by atoms with E-state index in [0.717, 1.165) is 17.1 Å². The van der Waals surface area contributed by atoms with Gasteiger partial charge < -0.3 is 4.90 Å². The highest BCUT2D eigenvalue weighted by Crippen LogP contribution is 2.57. The van der Waals surface area contributed by atoms with Crippen LogP contribution in [0.3, 0.4) is 0 Å². The lowest BCUT2D eigenvalue weighted by atomic mass is 9.67. The van der Waals surface area contributed by atoms with Crippen LogP contribution >= 0.6 is 0 Å². The first kappa shape index (κ1) is 43.5. The number of nitrogens with zero attached hydrogens (tertiary/aromatic N) is 1. The second-order valence-electron chi connectivity index (χ2n) is 20.1. The van der Waals surface area contributed by atoms with Crippen LogP contribution in [0.2, 0.25) is 0 Å². The van der Waals surface area contributed by atoms with Gasteiger partial charge in [0.2, 0.25) is 0 Å². The number of hydrogen-bond acceptors (Lipinski definition) is 1. The van der Waals surface area contributed by atoms with E-state index in [1.807, 2.05) is 0 Å². The first-order chi connectivity index (χ1) is 36.6. The Morgan fingerprint density at radius 2 is 0.649 bits per heavy atom. The summed E-state index contributed by atoms with van der Waals surface area (Å²) in [5.74, 6) is 0. The van der Waals surface area contributed by atoms with Crippen molar-refractivity contribution in [3.63, 3.8) is 0 Å². The van der Waals surface area contributed by atoms with E-state index >= 15 is 0 Å². The van der Waals surface area contributed by atoms with E-state index in [4.69, 9.17) is 0 Å². The maximum Gasteiger partial charge on any atom is 0.0713 e. The Kier molecular flexibility index (Phi) is 10.3. The molecule has 12 aromatic carbocycles. The fourth-order valence-electron chi connectivity index (χ4n) is 12.7. The smallest absolute Gasteiger partial charge is 0.0713 e. The molecule has 1 nitrogen and oxygen atoms in total. The summed E-state index contributed by atoms with van der Waals surface area (Å²) in [4.78, 5) is 2.39. The summed E-state index contributed by atoms with van der Waals surface area (Å²) >= 11 is 0. The molecule has 14 rings (SSSR count). The average molecular weight is 942 g/mol. The Hall–Kier alpha value is -9.30. The minimum absolute atomic E-state index is 0.262. The fraction of sp³-hybridized carbons (Fsp3) is 0.0411. The van der Waals surface area contributed by atoms with Crippen LogP contribution in [0.5, 0.6) is 0 Å². The molecule has 1 heteroatoms. The van der Waals surface area contributed by atoms with Crippen LogP contribution in [-0.2, 0) is 10.8 Å². The van der Waals surface area contributed by atoms with E-state index in [1.54, 1.807) is 0 Å². The Balaban J connectivity index is 0.859. The molecule has 0 N–H and O–H groups in total. The fourth-order valence-corrected chi connectivity index (χ4v) is 12.7. The van der Waals surface area contributed by atoms with Gasteiger partial charge in [-0.15, -0.1) is 0 Å². The Morgan fingerprint density at radius 3 is 1.23 bits per heavy atom. The third-order valence-corrected chi connectivity index (χ3v) is 16.3. The van der Waals surface area contributed by atoms with Crippen LogP contribution in [0, 0.1) is 0 Å². The SMILES string of the molecule is CC1(c2ccccc2)c2ccccc2-c2ccc(-c3ccc(N(c4ccc(-c5ccc6c(c5)C(c5ccccc5)(c5ccccc5)c5ccccc5-6)cc4)c4ccc(-c5cccc6ccccc56)cc4)cc3)cc21.